The number of aryl methyl sites for hydroxylation is 1. The second-order valence-electron chi connectivity index (χ2n) is 9.04. The molecule has 0 saturated carbocycles. The Kier molecular flexibility index (Phi) is 8.36. The van der Waals surface area contributed by atoms with Gasteiger partial charge in [0.1, 0.15) is 5.15 Å². The lowest BCUT2D eigenvalue weighted by atomic mass is 9.93. The number of hydrogen-bond donors (Lipinski definition) is 1. The number of benzene rings is 2. The Balaban J connectivity index is 1.39. The number of halogens is 1. The van der Waals surface area contributed by atoms with Crippen molar-refractivity contribution in [2.75, 3.05) is 18.9 Å². The lowest BCUT2D eigenvalue weighted by molar-refractivity contribution is 0.0790. The van der Waals surface area contributed by atoms with Crippen molar-refractivity contribution in [1.29, 1.82) is 0 Å². The molecular weight excluding hydrogens is 486 g/mol. The summed E-state index contributed by atoms with van der Waals surface area (Å²) in [6, 6.07) is 17.0. The van der Waals surface area contributed by atoms with Crippen molar-refractivity contribution < 1.29 is 9.59 Å². The topological polar surface area (TPSA) is 80.1 Å². The van der Waals surface area contributed by atoms with E-state index in [4.69, 9.17) is 11.6 Å². The zero-order valence-corrected chi connectivity index (χ0v) is 21.9. The zero-order chi connectivity index (χ0) is 26.4. The maximum absolute atomic E-state index is 13.2. The number of anilines is 1. The average molecular weight is 516 g/mol. The lowest BCUT2D eigenvalue weighted by Gasteiger charge is -2.22. The molecule has 1 atom stereocenters. The van der Waals surface area contributed by atoms with Gasteiger partial charge in [-0.25, -0.2) is 9.97 Å². The third-order valence-electron chi connectivity index (χ3n) is 6.54. The number of aromatic nitrogens is 3. The molecule has 7 nitrogen and oxygen atoms in total. The van der Waals surface area contributed by atoms with Gasteiger partial charge in [-0.3, -0.25) is 9.59 Å². The van der Waals surface area contributed by atoms with Gasteiger partial charge in [0.15, 0.2) is 0 Å². The van der Waals surface area contributed by atoms with Crippen molar-refractivity contribution in [2.24, 2.45) is 0 Å². The second kappa shape index (κ2) is 11.8. The molecule has 0 bridgehead atoms. The van der Waals surface area contributed by atoms with Gasteiger partial charge in [-0.05, 0) is 73.2 Å². The first-order valence-corrected chi connectivity index (χ1v) is 12.6. The maximum Gasteiger partial charge on any atom is 0.257 e. The normalized spacial score (nSPS) is 11.7. The molecule has 0 fully saturated rings. The van der Waals surface area contributed by atoms with Crippen molar-refractivity contribution in [3.8, 4) is 5.69 Å². The number of carbonyl (C=O) groups excluding carboxylic acids is 2. The largest absolute Gasteiger partial charge is 0.342 e. The van der Waals surface area contributed by atoms with E-state index in [0.29, 0.717) is 34.4 Å². The average Bonchev–Trinajstić information content (AvgIpc) is 3.45. The standard InChI is InChI=1S/C29H30ClN5O2/c1-4-21(22-7-10-25(11-8-22)35-16-14-31-19-35)13-15-34(3)29(37)23-6-5-20(2)26(17-23)33-28(36)24-9-12-27(30)32-18-24/h5-12,14,16-19,21H,4,13,15H2,1-3H3,(H,33,36). The summed E-state index contributed by atoms with van der Waals surface area (Å²) >= 11 is 5.81. The lowest BCUT2D eigenvalue weighted by Crippen LogP contribution is -2.29. The van der Waals surface area contributed by atoms with E-state index in [1.807, 2.05) is 30.8 Å². The van der Waals surface area contributed by atoms with E-state index in [1.165, 1.54) is 11.8 Å². The minimum Gasteiger partial charge on any atom is -0.342 e. The predicted octanol–water partition coefficient (Wildman–Crippen LogP) is 6.14. The number of carbonyl (C=O) groups is 2. The summed E-state index contributed by atoms with van der Waals surface area (Å²) in [6.45, 7) is 4.67. The van der Waals surface area contributed by atoms with Crippen molar-refractivity contribution in [1.82, 2.24) is 19.4 Å². The first kappa shape index (κ1) is 26.1. The Labute approximate surface area is 222 Å². The van der Waals surface area contributed by atoms with Crippen LogP contribution >= 0.6 is 11.6 Å². The van der Waals surface area contributed by atoms with E-state index in [-0.39, 0.29) is 11.8 Å². The molecule has 2 aromatic heterocycles. The van der Waals surface area contributed by atoms with Gasteiger partial charge < -0.3 is 14.8 Å². The van der Waals surface area contributed by atoms with Gasteiger partial charge in [-0.15, -0.1) is 0 Å². The van der Waals surface area contributed by atoms with Gasteiger partial charge in [0.2, 0.25) is 0 Å². The summed E-state index contributed by atoms with van der Waals surface area (Å²) < 4.78 is 1.97. The van der Waals surface area contributed by atoms with E-state index >= 15 is 0 Å². The Morgan fingerprint density at radius 3 is 2.49 bits per heavy atom. The number of amides is 2. The first-order chi connectivity index (χ1) is 17.9. The highest BCUT2D eigenvalue weighted by molar-refractivity contribution is 6.29. The minimum absolute atomic E-state index is 0.0889. The molecule has 1 unspecified atom stereocenters. The van der Waals surface area contributed by atoms with E-state index in [1.54, 1.807) is 41.7 Å². The molecule has 0 radical (unpaired) electrons. The minimum atomic E-state index is -0.310. The van der Waals surface area contributed by atoms with Crippen molar-refractivity contribution >= 4 is 29.1 Å². The highest BCUT2D eigenvalue weighted by Crippen LogP contribution is 2.25. The Hall–Kier alpha value is -3.97. The molecule has 2 heterocycles. The summed E-state index contributed by atoms with van der Waals surface area (Å²) in [5.74, 6) is -0.0584. The predicted molar refractivity (Wildman–Crippen MR) is 147 cm³/mol. The Morgan fingerprint density at radius 1 is 1.08 bits per heavy atom. The van der Waals surface area contributed by atoms with Crippen LogP contribution in [0.25, 0.3) is 5.69 Å². The molecule has 190 valence electrons. The molecule has 0 aliphatic carbocycles. The quantitative estimate of drug-likeness (QED) is 0.272. The molecule has 1 N–H and O–H groups in total. The molecule has 8 heteroatoms. The van der Waals surface area contributed by atoms with Gasteiger partial charge in [-0.1, -0.05) is 36.7 Å². The second-order valence-corrected chi connectivity index (χ2v) is 9.42. The van der Waals surface area contributed by atoms with Gasteiger partial charge in [-0.2, -0.15) is 0 Å². The molecular formula is C29H30ClN5O2. The number of hydrogen-bond acceptors (Lipinski definition) is 4. The molecule has 2 amide bonds. The summed E-state index contributed by atoms with van der Waals surface area (Å²) in [5.41, 5.74) is 4.68. The van der Waals surface area contributed by atoms with Crippen molar-refractivity contribution in [2.45, 2.75) is 32.6 Å². The van der Waals surface area contributed by atoms with Crippen LogP contribution in [-0.4, -0.2) is 44.8 Å². The zero-order valence-electron chi connectivity index (χ0n) is 21.2. The SMILES string of the molecule is CCC(CCN(C)C(=O)c1ccc(C)c(NC(=O)c2ccc(Cl)nc2)c1)c1ccc(-n2ccnc2)cc1. The summed E-state index contributed by atoms with van der Waals surface area (Å²) in [4.78, 5) is 35.6. The molecule has 4 rings (SSSR count). The van der Waals surface area contributed by atoms with Crippen molar-refractivity contribution in [3.63, 3.8) is 0 Å². The Bertz CT molecular complexity index is 1350. The van der Waals surface area contributed by atoms with Gasteiger partial charge in [0.25, 0.3) is 11.8 Å². The van der Waals surface area contributed by atoms with E-state index < -0.39 is 0 Å². The highest BCUT2D eigenvalue weighted by atomic mass is 35.5. The monoisotopic (exact) mass is 515 g/mol. The van der Waals surface area contributed by atoms with Gasteiger partial charge in [0, 0.05) is 49.1 Å². The number of imidazole rings is 1. The summed E-state index contributed by atoms with van der Waals surface area (Å²) in [7, 11) is 1.81. The smallest absolute Gasteiger partial charge is 0.257 e. The molecule has 0 aliphatic rings. The van der Waals surface area contributed by atoms with Crippen LogP contribution in [0.15, 0.2) is 79.5 Å². The summed E-state index contributed by atoms with van der Waals surface area (Å²) in [5, 5.41) is 3.20. The van der Waals surface area contributed by atoms with Crippen LogP contribution in [0.5, 0.6) is 0 Å². The number of pyridine rings is 1. The van der Waals surface area contributed by atoms with E-state index in [9.17, 15) is 9.59 Å². The van der Waals surface area contributed by atoms with Gasteiger partial charge in [0.05, 0.1) is 11.9 Å². The van der Waals surface area contributed by atoms with Crippen molar-refractivity contribution in [3.05, 3.63) is 107 Å². The fourth-order valence-electron chi connectivity index (χ4n) is 4.20. The fourth-order valence-corrected chi connectivity index (χ4v) is 4.31. The van der Waals surface area contributed by atoms with Crippen LogP contribution < -0.4 is 5.32 Å². The van der Waals surface area contributed by atoms with Crippen LogP contribution in [0.2, 0.25) is 5.15 Å². The van der Waals surface area contributed by atoms with Crippen LogP contribution in [0.1, 0.15) is 57.5 Å². The fraction of sp³-hybridized carbons (Fsp3) is 0.241. The summed E-state index contributed by atoms with van der Waals surface area (Å²) in [6.07, 6.45) is 8.71. The number of nitrogens with one attached hydrogen (secondary N) is 1. The highest BCUT2D eigenvalue weighted by Gasteiger charge is 2.17. The number of nitrogens with zero attached hydrogens (tertiary/aromatic N) is 4. The molecule has 4 aromatic rings. The third-order valence-corrected chi connectivity index (χ3v) is 6.77. The number of rotatable bonds is 9. The van der Waals surface area contributed by atoms with Crippen LogP contribution in [0.4, 0.5) is 5.69 Å². The van der Waals surface area contributed by atoms with Crippen LogP contribution in [0, 0.1) is 6.92 Å². The van der Waals surface area contributed by atoms with Crippen LogP contribution in [0.3, 0.4) is 0 Å². The third kappa shape index (κ3) is 6.43. The Morgan fingerprint density at radius 2 is 1.84 bits per heavy atom. The molecule has 0 aliphatic heterocycles. The first-order valence-electron chi connectivity index (χ1n) is 12.2. The molecule has 37 heavy (non-hydrogen) atoms. The molecule has 0 spiro atoms. The molecule has 2 aromatic carbocycles. The van der Waals surface area contributed by atoms with E-state index in [2.05, 4.69) is 46.5 Å². The maximum atomic E-state index is 13.2. The van der Waals surface area contributed by atoms with E-state index in [0.717, 1.165) is 24.1 Å². The molecule has 0 saturated heterocycles. The van der Waals surface area contributed by atoms with Gasteiger partial charge >= 0.3 is 0 Å². The van der Waals surface area contributed by atoms with Crippen LogP contribution in [-0.2, 0) is 0 Å².